The van der Waals surface area contributed by atoms with E-state index in [0.717, 1.165) is 0 Å². The molecule has 1 aromatic rings. The zero-order chi connectivity index (χ0) is 11.3. The molecule has 0 aliphatic rings. The molecule has 0 fully saturated rings. The van der Waals surface area contributed by atoms with Gasteiger partial charge in [-0.1, -0.05) is 0 Å². The van der Waals surface area contributed by atoms with Gasteiger partial charge in [-0.2, -0.15) is 0 Å². The van der Waals surface area contributed by atoms with Crippen LogP contribution in [0.25, 0.3) is 0 Å². The van der Waals surface area contributed by atoms with Crippen LogP contribution < -0.4 is 16.4 Å². The lowest BCUT2D eigenvalue weighted by Crippen LogP contribution is -2.35. The molecule has 0 aliphatic heterocycles. The highest BCUT2D eigenvalue weighted by molar-refractivity contribution is 5.92. The lowest BCUT2D eigenvalue weighted by atomic mass is 10.3. The third-order valence-corrected chi connectivity index (χ3v) is 1.54. The number of rotatable bonds is 3. The van der Waals surface area contributed by atoms with Gasteiger partial charge in [-0.3, -0.25) is 5.41 Å². The molecule has 0 aromatic heterocycles. The van der Waals surface area contributed by atoms with Crippen molar-refractivity contribution >= 4 is 17.6 Å². The van der Waals surface area contributed by atoms with Crippen molar-refractivity contribution in [2.75, 3.05) is 11.9 Å². The molecule has 0 radical (unpaired) electrons. The van der Waals surface area contributed by atoms with Crippen molar-refractivity contribution in [2.24, 2.45) is 5.73 Å². The van der Waals surface area contributed by atoms with Crippen LogP contribution in [-0.2, 0) is 0 Å². The van der Waals surface area contributed by atoms with Gasteiger partial charge in [0.15, 0.2) is 0 Å². The number of hydrogen-bond donors (Lipinski definition) is 4. The summed E-state index contributed by atoms with van der Waals surface area (Å²) < 4.78 is 12.5. The standard InChI is InChI=1S/C9H11FN4O/c10-6-1-3-7(4-2-6)14-9(15)13-5-8(11)12/h1-4H,5H2,(H3,11,12)(H2,13,14,15). The maximum atomic E-state index is 12.5. The molecule has 5 nitrogen and oxygen atoms in total. The predicted molar refractivity (Wildman–Crippen MR) is 55.3 cm³/mol. The monoisotopic (exact) mass is 210 g/mol. The Labute approximate surface area is 86.0 Å². The molecule has 15 heavy (non-hydrogen) atoms. The largest absolute Gasteiger partial charge is 0.386 e. The van der Waals surface area contributed by atoms with Gasteiger partial charge in [0.2, 0.25) is 0 Å². The molecular weight excluding hydrogens is 199 g/mol. The number of amides is 2. The van der Waals surface area contributed by atoms with E-state index in [4.69, 9.17) is 11.1 Å². The van der Waals surface area contributed by atoms with Crippen molar-refractivity contribution in [1.29, 1.82) is 5.41 Å². The molecule has 0 saturated heterocycles. The Morgan fingerprint density at radius 3 is 2.53 bits per heavy atom. The Morgan fingerprint density at radius 2 is 2.00 bits per heavy atom. The summed E-state index contributed by atoms with van der Waals surface area (Å²) in [4.78, 5) is 11.1. The van der Waals surface area contributed by atoms with Crippen molar-refractivity contribution < 1.29 is 9.18 Å². The number of nitrogens with two attached hydrogens (primary N) is 1. The maximum absolute atomic E-state index is 12.5. The molecule has 0 unspecified atom stereocenters. The van der Waals surface area contributed by atoms with Crippen molar-refractivity contribution in [3.8, 4) is 0 Å². The number of benzene rings is 1. The van der Waals surface area contributed by atoms with Gasteiger partial charge in [-0.05, 0) is 24.3 Å². The topological polar surface area (TPSA) is 91.0 Å². The van der Waals surface area contributed by atoms with Crippen molar-refractivity contribution in [1.82, 2.24) is 5.32 Å². The Bertz CT molecular complexity index is 363. The normalized spacial score (nSPS) is 9.40. The van der Waals surface area contributed by atoms with Crippen LogP contribution in [0.15, 0.2) is 24.3 Å². The molecule has 0 aliphatic carbocycles. The first-order valence-corrected chi connectivity index (χ1v) is 4.21. The van der Waals surface area contributed by atoms with Gasteiger partial charge in [0.05, 0.1) is 6.54 Å². The van der Waals surface area contributed by atoms with E-state index in [1.54, 1.807) is 0 Å². The third-order valence-electron chi connectivity index (χ3n) is 1.54. The van der Waals surface area contributed by atoms with Gasteiger partial charge < -0.3 is 16.4 Å². The highest BCUT2D eigenvalue weighted by Gasteiger charge is 2.01. The Balaban J connectivity index is 2.44. The number of nitrogens with one attached hydrogen (secondary N) is 3. The zero-order valence-electron chi connectivity index (χ0n) is 7.88. The molecule has 1 aromatic carbocycles. The number of anilines is 1. The zero-order valence-corrected chi connectivity index (χ0v) is 7.88. The van der Waals surface area contributed by atoms with E-state index < -0.39 is 6.03 Å². The van der Waals surface area contributed by atoms with E-state index in [-0.39, 0.29) is 18.2 Å². The van der Waals surface area contributed by atoms with Gasteiger partial charge in [0, 0.05) is 5.69 Å². The second-order valence-electron chi connectivity index (χ2n) is 2.84. The van der Waals surface area contributed by atoms with Crippen LogP contribution in [0.5, 0.6) is 0 Å². The van der Waals surface area contributed by atoms with Crippen LogP contribution >= 0.6 is 0 Å². The molecule has 0 atom stereocenters. The molecule has 0 saturated carbocycles. The van der Waals surface area contributed by atoms with E-state index in [2.05, 4.69) is 10.6 Å². The first-order valence-electron chi connectivity index (χ1n) is 4.21. The number of urea groups is 1. The minimum Gasteiger partial charge on any atom is -0.386 e. The van der Waals surface area contributed by atoms with Crippen LogP contribution in [0.2, 0.25) is 0 Å². The van der Waals surface area contributed by atoms with E-state index in [9.17, 15) is 9.18 Å². The van der Waals surface area contributed by atoms with E-state index in [1.165, 1.54) is 24.3 Å². The van der Waals surface area contributed by atoms with Crippen LogP contribution in [-0.4, -0.2) is 18.4 Å². The fourth-order valence-electron chi connectivity index (χ4n) is 0.884. The first-order chi connectivity index (χ1) is 7.08. The molecule has 6 heteroatoms. The lowest BCUT2D eigenvalue weighted by Gasteiger charge is -2.06. The number of amidine groups is 1. The smallest absolute Gasteiger partial charge is 0.319 e. The van der Waals surface area contributed by atoms with Gasteiger partial charge >= 0.3 is 6.03 Å². The quantitative estimate of drug-likeness (QED) is 0.440. The van der Waals surface area contributed by atoms with Crippen LogP contribution in [0.3, 0.4) is 0 Å². The molecule has 80 valence electrons. The summed E-state index contributed by atoms with van der Waals surface area (Å²) in [5.41, 5.74) is 5.52. The van der Waals surface area contributed by atoms with Crippen molar-refractivity contribution in [3.05, 3.63) is 30.1 Å². The minimum atomic E-state index is -0.489. The second kappa shape index (κ2) is 4.94. The summed E-state index contributed by atoms with van der Waals surface area (Å²) in [7, 11) is 0. The number of carbonyl (C=O) groups is 1. The highest BCUT2D eigenvalue weighted by atomic mass is 19.1. The molecule has 0 spiro atoms. The molecule has 0 heterocycles. The summed E-state index contributed by atoms with van der Waals surface area (Å²) in [5.74, 6) is -0.506. The Morgan fingerprint density at radius 1 is 1.40 bits per heavy atom. The second-order valence-corrected chi connectivity index (χ2v) is 2.84. The molecule has 2 amide bonds. The summed E-state index contributed by atoms with van der Waals surface area (Å²) in [6, 6.07) is 4.85. The van der Waals surface area contributed by atoms with Crippen molar-refractivity contribution in [3.63, 3.8) is 0 Å². The molecule has 0 bridgehead atoms. The SMILES string of the molecule is N=C(N)CNC(=O)Nc1ccc(F)cc1. The fourth-order valence-corrected chi connectivity index (χ4v) is 0.884. The summed E-state index contributed by atoms with van der Waals surface area (Å²) in [6.45, 7) is -0.0208. The number of halogens is 1. The molecular formula is C9H11FN4O. The number of hydrogen-bond acceptors (Lipinski definition) is 2. The van der Waals surface area contributed by atoms with E-state index in [0.29, 0.717) is 5.69 Å². The average Bonchev–Trinajstić information content (AvgIpc) is 2.19. The third kappa shape index (κ3) is 4.08. The minimum absolute atomic E-state index is 0.0208. The van der Waals surface area contributed by atoms with E-state index in [1.807, 2.05) is 0 Å². The van der Waals surface area contributed by atoms with Crippen LogP contribution in [0.1, 0.15) is 0 Å². The molecule has 1 rings (SSSR count). The molecule has 5 N–H and O–H groups in total. The van der Waals surface area contributed by atoms with Gasteiger partial charge in [-0.15, -0.1) is 0 Å². The van der Waals surface area contributed by atoms with E-state index >= 15 is 0 Å². The summed E-state index contributed by atoms with van der Waals surface area (Å²) in [6.07, 6.45) is 0. The predicted octanol–water partition coefficient (Wildman–Crippen LogP) is 0.883. The first kappa shape index (κ1) is 11.0. The maximum Gasteiger partial charge on any atom is 0.319 e. The highest BCUT2D eigenvalue weighted by Crippen LogP contribution is 2.07. The summed E-state index contributed by atoms with van der Waals surface area (Å²) in [5, 5.41) is 11.7. The van der Waals surface area contributed by atoms with Crippen molar-refractivity contribution in [2.45, 2.75) is 0 Å². The van der Waals surface area contributed by atoms with Crippen LogP contribution in [0.4, 0.5) is 14.9 Å². The lowest BCUT2D eigenvalue weighted by molar-refractivity contribution is 0.253. The average molecular weight is 210 g/mol. The fraction of sp³-hybridized carbons (Fsp3) is 0.111. The number of carbonyl (C=O) groups excluding carboxylic acids is 1. The van der Waals surface area contributed by atoms with Gasteiger partial charge in [-0.25, -0.2) is 9.18 Å². The Kier molecular flexibility index (Phi) is 3.61. The van der Waals surface area contributed by atoms with Crippen LogP contribution in [0, 0.1) is 11.2 Å². The van der Waals surface area contributed by atoms with Gasteiger partial charge in [0.25, 0.3) is 0 Å². The van der Waals surface area contributed by atoms with Gasteiger partial charge in [0.1, 0.15) is 11.7 Å². The summed E-state index contributed by atoms with van der Waals surface area (Å²) >= 11 is 0. The Hall–Kier alpha value is -2.11.